The van der Waals surface area contributed by atoms with E-state index in [2.05, 4.69) is 23.7 Å². The van der Waals surface area contributed by atoms with Crippen LogP contribution in [0.3, 0.4) is 0 Å². The zero-order chi connectivity index (χ0) is 20.0. The number of rotatable bonds is 4. The van der Waals surface area contributed by atoms with E-state index in [1.807, 2.05) is 74.3 Å². The predicted molar refractivity (Wildman–Crippen MR) is 111 cm³/mol. The molecule has 2 unspecified atom stereocenters. The molecule has 7 heteroatoms. The zero-order valence-electron chi connectivity index (χ0n) is 16.9. The van der Waals surface area contributed by atoms with Crippen LogP contribution in [0.25, 0.3) is 5.76 Å². The summed E-state index contributed by atoms with van der Waals surface area (Å²) in [5, 5.41) is 0. The van der Waals surface area contributed by atoms with Crippen LogP contribution in [0.5, 0.6) is 0 Å². The second kappa shape index (κ2) is 6.75. The number of benzene rings is 2. The van der Waals surface area contributed by atoms with Gasteiger partial charge in [-0.25, -0.2) is 0 Å². The van der Waals surface area contributed by atoms with Crippen LogP contribution in [0, 0.1) is 0 Å². The van der Waals surface area contributed by atoms with Crippen LogP contribution < -0.4 is 0 Å². The summed E-state index contributed by atoms with van der Waals surface area (Å²) < 4.78 is 29.6. The number of methoxy groups -OCH3 is 1. The van der Waals surface area contributed by atoms with Gasteiger partial charge in [-0.05, 0) is 0 Å². The normalized spacial score (nSPS) is 27.3. The van der Waals surface area contributed by atoms with Crippen molar-refractivity contribution in [2.24, 2.45) is 0 Å². The molecule has 2 aliphatic heterocycles. The van der Waals surface area contributed by atoms with Gasteiger partial charge in [0.25, 0.3) is 0 Å². The van der Waals surface area contributed by atoms with Gasteiger partial charge >= 0.3 is 166 Å². The Labute approximate surface area is 166 Å². The first-order valence-electron chi connectivity index (χ1n) is 9.32. The van der Waals surface area contributed by atoms with Crippen LogP contribution in [-0.4, -0.2) is 43.6 Å². The average molecular weight is 402 g/mol. The molecule has 0 amide bonds. The summed E-state index contributed by atoms with van der Waals surface area (Å²) in [4.78, 5) is 0. The summed E-state index contributed by atoms with van der Waals surface area (Å²) in [7, 11) is 3.56. The Balaban J connectivity index is 1.81. The quantitative estimate of drug-likeness (QED) is 0.686. The topological polar surface area (TPSA) is 43.4 Å². The van der Waals surface area contributed by atoms with Crippen molar-refractivity contribution in [3.63, 3.8) is 0 Å². The van der Waals surface area contributed by atoms with Crippen molar-refractivity contribution in [2.45, 2.75) is 19.1 Å². The van der Waals surface area contributed by atoms with E-state index in [4.69, 9.17) is 18.3 Å². The number of likely N-dealkylation sites (N-methyl/N-ethyl adjacent to an activating group) is 1. The Kier molecular flexibility index (Phi) is 4.63. The molecule has 2 heterocycles. The van der Waals surface area contributed by atoms with Crippen LogP contribution in [0.1, 0.15) is 24.2 Å². The van der Waals surface area contributed by atoms with Crippen molar-refractivity contribution >= 4 is 13.3 Å². The molecule has 28 heavy (non-hydrogen) atoms. The summed E-state index contributed by atoms with van der Waals surface area (Å²) >= 11 is 0. The predicted octanol–water partition coefficient (Wildman–Crippen LogP) is 4.79. The standard InChI is InChI=1S/C21H27N2O4P/c1-16-19(17-12-8-6-9-13-17)25-28(22(2)3,23(16)4)26-20(21(24-5)27-28)18-14-10-7-11-15-18/h6-16,19H,1-5H3. The SMILES string of the molecule is COC1=C(c2ccccc2)OP2(N(C)C)(O1)OC(c1ccccc1)C(C)N2C. The van der Waals surface area contributed by atoms with E-state index in [1.165, 1.54) is 0 Å². The van der Waals surface area contributed by atoms with E-state index in [0.29, 0.717) is 11.7 Å². The fourth-order valence-corrected chi connectivity index (χ4v) is 7.80. The van der Waals surface area contributed by atoms with Crippen LogP contribution >= 0.6 is 7.59 Å². The fourth-order valence-electron chi connectivity index (χ4n) is 3.84. The third kappa shape index (κ3) is 2.56. The average Bonchev–Trinajstić information content (AvgIpc) is 3.20. The van der Waals surface area contributed by atoms with Gasteiger partial charge < -0.3 is 0 Å². The van der Waals surface area contributed by atoms with Crippen molar-refractivity contribution in [3.05, 3.63) is 77.7 Å². The van der Waals surface area contributed by atoms with Gasteiger partial charge in [-0.1, -0.05) is 0 Å². The van der Waals surface area contributed by atoms with E-state index in [9.17, 15) is 0 Å². The van der Waals surface area contributed by atoms with E-state index < -0.39 is 7.59 Å². The summed E-state index contributed by atoms with van der Waals surface area (Å²) in [6.45, 7) is 2.13. The molecular formula is C21H27N2O4P. The first kappa shape index (κ1) is 19.2. The monoisotopic (exact) mass is 402 g/mol. The molecule has 1 spiro atoms. The molecule has 0 aliphatic carbocycles. The molecule has 6 nitrogen and oxygen atoms in total. The molecule has 2 atom stereocenters. The molecule has 0 aromatic heterocycles. The number of hydrogen-bond donors (Lipinski definition) is 0. The number of hydrogen-bond acceptors (Lipinski definition) is 6. The molecule has 150 valence electrons. The molecule has 0 N–H and O–H groups in total. The molecule has 2 aliphatic rings. The molecule has 1 fully saturated rings. The Morgan fingerprint density at radius 2 is 1.57 bits per heavy atom. The molecule has 0 bridgehead atoms. The summed E-state index contributed by atoms with van der Waals surface area (Å²) in [5.74, 6) is 0.896. The van der Waals surface area contributed by atoms with Crippen LogP contribution in [0.15, 0.2) is 66.6 Å². The molecule has 0 radical (unpaired) electrons. The Morgan fingerprint density at radius 1 is 0.964 bits per heavy atom. The van der Waals surface area contributed by atoms with Crippen LogP contribution in [0.4, 0.5) is 0 Å². The minimum atomic E-state index is -3.88. The van der Waals surface area contributed by atoms with E-state index in [0.717, 1.165) is 11.1 Å². The fraction of sp³-hybridized carbons (Fsp3) is 0.333. The molecule has 4 rings (SSSR count). The van der Waals surface area contributed by atoms with E-state index in [1.54, 1.807) is 7.11 Å². The summed E-state index contributed by atoms with van der Waals surface area (Å²) in [5.41, 5.74) is 1.97. The van der Waals surface area contributed by atoms with Gasteiger partial charge in [-0.3, -0.25) is 0 Å². The maximum atomic E-state index is 6.77. The van der Waals surface area contributed by atoms with Gasteiger partial charge in [0.1, 0.15) is 0 Å². The molecular weight excluding hydrogens is 375 g/mol. The first-order valence-corrected chi connectivity index (χ1v) is 11.2. The Bertz CT molecular complexity index is 892. The van der Waals surface area contributed by atoms with Crippen molar-refractivity contribution in [3.8, 4) is 0 Å². The van der Waals surface area contributed by atoms with Gasteiger partial charge in [0.05, 0.1) is 0 Å². The number of ether oxygens (including phenoxy) is 1. The van der Waals surface area contributed by atoms with Crippen molar-refractivity contribution in [1.82, 2.24) is 9.34 Å². The molecule has 2 aromatic carbocycles. The summed E-state index contributed by atoms with van der Waals surface area (Å²) in [6, 6.07) is 20.0. The van der Waals surface area contributed by atoms with Gasteiger partial charge in [0, 0.05) is 0 Å². The molecule has 1 saturated heterocycles. The maximum absolute atomic E-state index is 6.77. The third-order valence-corrected chi connectivity index (χ3v) is 9.86. The Hall–Kier alpha value is -2.11. The molecule has 2 aromatic rings. The van der Waals surface area contributed by atoms with Gasteiger partial charge in [-0.15, -0.1) is 0 Å². The number of nitrogens with zero attached hydrogens (tertiary/aromatic N) is 2. The van der Waals surface area contributed by atoms with Gasteiger partial charge in [0.15, 0.2) is 0 Å². The van der Waals surface area contributed by atoms with Crippen molar-refractivity contribution in [2.75, 3.05) is 28.3 Å². The first-order chi connectivity index (χ1) is 13.4. The van der Waals surface area contributed by atoms with Crippen molar-refractivity contribution in [1.29, 1.82) is 0 Å². The second-order valence-corrected chi connectivity index (χ2v) is 10.9. The summed E-state index contributed by atoms with van der Waals surface area (Å²) in [6.07, 6.45) is -0.195. The van der Waals surface area contributed by atoms with Gasteiger partial charge in [0.2, 0.25) is 0 Å². The van der Waals surface area contributed by atoms with Crippen LogP contribution in [0.2, 0.25) is 0 Å². The van der Waals surface area contributed by atoms with Crippen LogP contribution in [-0.2, 0) is 18.3 Å². The Morgan fingerprint density at radius 3 is 2.14 bits per heavy atom. The van der Waals surface area contributed by atoms with E-state index in [-0.39, 0.29) is 12.1 Å². The third-order valence-electron chi connectivity index (χ3n) is 5.54. The molecule has 0 saturated carbocycles. The second-order valence-electron chi connectivity index (χ2n) is 7.27. The zero-order valence-corrected chi connectivity index (χ0v) is 17.8. The van der Waals surface area contributed by atoms with Crippen molar-refractivity contribution < 1.29 is 18.3 Å². The van der Waals surface area contributed by atoms with E-state index >= 15 is 0 Å². The van der Waals surface area contributed by atoms with Gasteiger partial charge in [-0.2, -0.15) is 0 Å². The minimum absolute atomic E-state index is 0.0377.